The maximum Gasteiger partial charge on any atom is 0.0681 e. The third-order valence-electron chi connectivity index (χ3n) is 4.39. The monoisotopic (exact) mass is 244 g/mol. The number of rotatable bonds is 0. The molecule has 0 aromatic rings. The van der Waals surface area contributed by atoms with E-state index in [1.54, 1.807) is 0 Å². The minimum atomic E-state index is 0.561. The Balaban J connectivity index is 1.82. The number of hydrogen-bond donors (Lipinski definition) is 0. The second-order valence-corrected chi connectivity index (χ2v) is 5.93. The molecule has 1 spiro atoms. The number of halogens is 1. The molecule has 13 heavy (non-hydrogen) atoms. The van der Waals surface area contributed by atoms with Crippen LogP contribution in [0, 0.1) is 11.3 Å². The van der Waals surface area contributed by atoms with E-state index in [9.17, 15) is 0 Å². The molecule has 1 heterocycles. The second kappa shape index (κ2) is 2.96. The molecular formula is C11H17BrO. The van der Waals surface area contributed by atoms with Crippen molar-refractivity contribution in [1.82, 2.24) is 0 Å². The Bertz CT molecular complexity index is 210. The van der Waals surface area contributed by atoms with Crippen LogP contribution in [0.5, 0.6) is 0 Å². The maximum absolute atomic E-state index is 5.96. The van der Waals surface area contributed by atoms with Crippen LogP contribution in [0.2, 0.25) is 0 Å². The van der Waals surface area contributed by atoms with Crippen molar-refractivity contribution < 1.29 is 4.74 Å². The highest BCUT2D eigenvalue weighted by Gasteiger charge is 2.62. The number of hydrogen-bond acceptors (Lipinski definition) is 1. The lowest BCUT2D eigenvalue weighted by Crippen LogP contribution is -2.63. The van der Waals surface area contributed by atoms with Crippen molar-refractivity contribution in [3.63, 3.8) is 0 Å². The fourth-order valence-corrected chi connectivity index (χ4v) is 5.01. The topological polar surface area (TPSA) is 9.23 Å². The van der Waals surface area contributed by atoms with E-state index >= 15 is 0 Å². The number of ether oxygens (including phenoxy) is 1. The first kappa shape index (κ1) is 8.72. The maximum atomic E-state index is 5.96. The fourth-order valence-electron chi connectivity index (χ4n) is 3.75. The predicted octanol–water partition coefficient (Wildman–Crippen LogP) is 3.12. The molecule has 3 atom stereocenters. The van der Waals surface area contributed by atoms with Gasteiger partial charge in [0.1, 0.15) is 0 Å². The molecule has 1 aliphatic heterocycles. The molecule has 1 saturated heterocycles. The molecule has 2 heteroatoms. The van der Waals surface area contributed by atoms with Gasteiger partial charge >= 0.3 is 0 Å². The van der Waals surface area contributed by atoms with Gasteiger partial charge in [0, 0.05) is 16.8 Å². The van der Waals surface area contributed by atoms with Crippen molar-refractivity contribution in [3.8, 4) is 0 Å². The van der Waals surface area contributed by atoms with Gasteiger partial charge in [0.2, 0.25) is 0 Å². The van der Waals surface area contributed by atoms with Gasteiger partial charge in [0.15, 0.2) is 0 Å². The van der Waals surface area contributed by atoms with Crippen molar-refractivity contribution in [2.75, 3.05) is 6.61 Å². The van der Waals surface area contributed by atoms with Crippen molar-refractivity contribution >= 4 is 15.9 Å². The zero-order valence-electron chi connectivity index (χ0n) is 7.97. The van der Waals surface area contributed by atoms with Gasteiger partial charge in [-0.2, -0.15) is 0 Å². The summed E-state index contributed by atoms with van der Waals surface area (Å²) < 4.78 is 5.96. The smallest absolute Gasteiger partial charge is 0.0681 e. The van der Waals surface area contributed by atoms with Crippen LogP contribution in [0.4, 0.5) is 0 Å². The molecule has 3 fully saturated rings. The Kier molecular flexibility index (Phi) is 1.99. The molecule has 1 nitrogen and oxygen atoms in total. The molecule has 0 bridgehead atoms. The molecule has 2 saturated carbocycles. The van der Waals surface area contributed by atoms with E-state index in [0.717, 1.165) is 17.4 Å². The van der Waals surface area contributed by atoms with E-state index in [0.29, 0.717) is 11.5 Å². The highest BCUT2D eigenvalue weighted by Crippen LogP contribution is 2.62. The molecule has 0 radical (unpaired) electrons. The Hall–Kier alpha value is 0.440. The highest BCUT2D eigenvalue weighted by atomic mass is 79.9. The minimum absolute atomic E-state index is 0.561. The Morgan fingerprint density at radius 3 is 2.69 bits per heavy atom. The summed E-state index contributed by atoms with van der Waals surface area (Å²) in [5.41, 5.74) is 0.561. The van der Waals surface area contributed by atoms with Gasteiger partial charge in [0.25, 0.3) is 0 Å². The summed E-state index contributed by atoms with van der Waals surface area (Å²) >= 11 is 3.91. The number of alkyl halides is 1. The van der Waals surface area contributed by atoms with E-state index in [1.165, 1.54) is 38.5 Å². The first-order chi connectivity index (χ1) is 6.34. The second-order valence-electron chi connectivity index (χ2n) is 4.94. The van der Waals surface area contributed by atoms with Crippen LogP contribution in [0.25, 0.3) is 0 Å². The highest BCUT2D eigenvalue weighted by molar-refractivity contribution is 9.09. The molecule has 74 valence electrons. The third kappa shape index (κ3) is 1.02. The third-order valence-corrected chi connectivity index (χ3v) is 5.99. The molecular weight excluding hydrogens is 228 g/mol. The lowest BCUT2D eigenvalue weighted by Gasteiger charge is -2.59. The van der Waals surface area contributed by atoms with Crippen molar-refractivity contribution in [2.24, 2.45) is 11.3 Å². The van der Waals surface area contributed by atoms with Gasteiger partial charge in [-0.05, 0) is 31.6 Å². The number of fused-ring (bicyclic) bond motifs is 2. The van der Waals surface area contributed by atoms with Gasteiger partial charge in [0.05, 0.1) is 6.10 Å². The lowest BCUT2D eigenvalue weighted by molar-refractivity contribution is -0.172. The van der Waals surface area contributed by atoms with Crippen LogP contribution < -0.4 is 0 Å². The average Bonchev–Trinajstić information content (AvgIpc) is 2.68. The van der Waals surface area contributed by atoms with E-state index in [-0.39, 0.29) is 0 Å². The van der Waals surface area contributed by atoms with Crippen molar-refractivity contribution in [1.29, 1.82) is 0 Å². The van der Waals surface area contributed by atoms with E-state index in [2.05, 4.69) is 15.9 Å². The summed E-state index contributed by atoms with van der Waals surface area (Å²) in [4.78, 5) is 0.771. The van der Waals surface area contributed by atoms with Gasteiger partial charge in [-0.1, -0.05) is 28.8 Å². The minimum Gasteiger partial charge on any atom is -0.377 e. The van der Waals surface area contributed by atoms with E-state index in [4.69, 9.17) is 4.74 Å². The largest absolute Gasteiger partial charge is 0.377 e. The Labute approximate surface area is 88.4 Å². The van der Waals surface area contributed by atoms with Gasteiger partial charge in [-0.25, -0.2) is 0 Å². The normalized spacial score (nSPS) is 47.3. The standard InChI is InChI=1S/C11H17BrO/c12-9-8-4-3-7-13-10(8)11(9)5-1-2-6-11/h8-10H,1-7H2/t8-,9+,10+/m0/s1. The molecule has 0 aromatic heterocycles. The molecule has 3 rings (SSSR count). The predicted molar refractivity (Wildman–Crippen MR) is 56.1 cm³/mol. The van der Waals surface area contributed by atoms with Gasteiger partial charge in [-0.15, -0.1) is 0 Å². The SMILES string of the molecule is Br[C@@H]1[C@@H]2CCCO[C@H]2C12CCCC2. The van der Waals surface area contributed by atoms with Crippen molar-refractivity contribution in [3.05, 3.63) is 0 Å². The lowest BCUT2D eigenvalue weighted by atomic mass is 9.56. The first-order valence-electron chi connectivity index (χ1n) is 5.60. The summed E-state index contributed by atoms with van der Waals surface area (Å²) in [6.07, 6.45) is 8.95. The molecule has 0 N–H and O–H groups in total. The van der Waals surface area contributed by atoms with Crippen LogP contribution in [-0.2, 0) is 4.74 Å². The summed E-state index contributed by atoms with van der Waals surface area (Å²) in [5.74, 6) is 0.840. The molecule has 2 aliphatic carbocycles. The summed E-state index contributed by atoms with van der Waals surface area (Å²) in [5, 5.41) is 0. The summed E-state index contributed by atoms with van der Waals surface area (Å²) in [7, 11) is 0. The summed E-state index contributed by atoms with van der Waals surface area (Å²) in [6.45, 7) is 1.02. The van der Waals surface area contributed by atoms with E-state index in [1.807, 2.05) is 0 Å². The van der Waals surface area contributed by atoms with Crippen LogP contribution >= 0.6 is 15.9 Å². The fraction of sp³-hybridized carbons (Fsp3) is 1.00. The van der Waals surface area contributed by atoms with Crippen LogP contribution in [-0.4, -0.2) is 17.5 Å². The Morgan fingerprint density at radius 1 is 1.15 bits per heavy atom. The molecule has 0 unspecified atom stereocenters. The van der Waals surface area contributed by atoms with Gasteiger partial charge < -0.3 is 4.74 Å². The molecule has 3 aliphatic rings. The van der Waals surface area contributed by atoms with Crippen molar-refractivity contribution in [2.45, 2.75) is 49.5 Å². The van der Waals surface area contributed by atoms with Crippen LogP contribution in [0.15, 0.2) is 0 Å². The van der Waals surface area contributed by atoms with Gasteiger partial charge in [-0.3, -0.25) is 0 Å². The van der Waals surface area contributed by atoms with E-state index < -0.39 is 0 Å². The first-order valence-corrected chi connectivity index (χ1v) is 6.52. The zero-order chi connectivity index (χ0) is 8.89. The summed E-state index contributed by atoms with van der Waals surface area (Å²) in [6, 6.07) is 0. The average molecular weight is 245 g/mol. The van der Waals surface area contributed by atoms with Crippen LogP contribution in [0.3, 0.4) is 0 Å². The van der Waals surface area contributed by atoms with Crippen LogP contribution in [0.1, 0.15) is 38.5 Å². The quantitative estimate of drug-likeness (QED) is 0.596. The Morgan fingerprint density at radius 2 is 1.92 bits per heavy atom. The molecule has 0 aromatic carbocycles. The molecule has 0 amide bonds. The zero-order valence-corrected chi connectivity index (χ0v) is 9.55.